The number of hydrogen-bond donors (Lipinski definition) is 1. The van der Waals surface area contributed by atoms with E-state index < -0.39 is 0 Å². The smallest absolute Gasteiger partial charge is 0.136 e. The fourth-order valence-corrected chi connectivity index (χ4v) is 3.39. The number of aliphatic hydroxyl groups excluding tert-OH is 1. The van der Waals surface area contributed by atoms with Crippen molar-refractivity contribution >= 4 is 16.6 Å². The molecule has 0 amide bonds. The molecule has 0 spiro atoms. The maximum absolute atomic E-state index is 9.48. The number of aliphatic hydroxyl groups is 1. The third-order valence-corrected chi connectivity index (χ3v) is 4.41. The van der Waals surface area contributed by atoms with Crippen LogP contribution in [0.5, 0.6) is 0 Å². The molecule has 1 N–H and O–H groups in total. The van der Waals surface area contributed by atoms with Gasteiger partial charge in [0.1, 0.15) is 5.82 Å². The normalized spacial score (nSPS) is 15.9. The first kappa shape index (κ1) is 13.4. The number of anilines is 1. The van der Waals surface area contributed by atoms with Crippen molar-refractivity contribution in [2.45, 2.75) is 45.3 Å². The van der Waals surface area contributed by atoms with Crippen LogP contribution in [0.2, 0.25) is 0 Å². The summed E-state index contributed by atoms with van der Waals surface area (Å²) in [7, 11) is 0. The van der Waals surface area contributed by atoms with Crippen molar-refractivity contribution in [3.63, 3.8) is 0 Å². The zero-order valence-electron chi connectivity index (χ0n) is 12.0. The van der Waals surface area contributed by atoms with E-state index in [0.29, 0.717) is 6.04 Å². The molecule has 1 aromatic heterocycles. The molecule has 1 aliphatic rings. The molecule has 1 fully saturated rings. The van der Waals surface area contributed by atoms with Crippen LogP contribution in [-0.2, 0) is 6.61 Å². The van der Waals surface area contributed by atoms with E-state index in [1.165, 1.54) is 25.7 Å². The largest absolute Gasteiger partial charge is 0.392 e. The SMILES string of the molecule is CCN(c1ncc(CO)c2ccccc12)C1CCCC1. The number of rotatable bonds is 4. The van der Waals surface area contributed by atoms with Gasteiger partial charge in [-0.05, 0) is 25.2 Å². The van der Waals surface area contributed by atoms with Crippen LogP contribution in [0.15, 0.2) is 30.5 Å². The van der Waals surface area contributed by atoms with Crippen LogP contribution in [0.3, 0.4) is 0 Å². The Bertz CT molecular complexity index is 591. The molecule has 1 saturated carbocycles. The molecule has 1 aromatic carbocycles. The summed E-state index contributed by atoms with van der Waals surface area (Å²) >= 11 is 0. The van der Waals surface area contributed by atoms with Crippen LogP contribution in [0.25, 0.3) is 10.8 Å². The van der Waals surface area contributed by atoms with Gasteiger partial charge in [0.2, 0.25) is 0 Å². The Kier molecular flexibility index (Phi) is 3.88. The van der Waals surface area contributed by atoms with Crippen LogP contribution in [0.1, 0.15) is 38.2 Å². The Hall–Kier alpha value is -1.61. The van der Waals surface area contributed by atoms with E-state index in [0.717, 1.165) is 28.7 Å². The first-order valence-electron chi connectivity index (χ1n) is 7.59. The fourth-order valence-electron chi connectivity index (χ4n) is 3.39. The number of benzene rings is 1. The van der Waals surface area contributed by atoms with Crippen LogP contribution in [0.4, 0.5) is 5.82 Å². The van der Waals surface area contributed by atoms with Gasteiger partial charge >= 0.3 is 0 Å². The number of fused-ring (bicyclic) bond motifs is 1. The highest BCUT2D eigenvalue weighted by Gasteiger charge is 2.24. The third-order valence-electron chi connectivity index (χ3n) is 4.41. The Morgan fingerprint density at radius 3 is 2.55 bits per heavy atom. The highest BCUT2D eigenvalue weighted by molar-refractivity contribution is 5.94. The maximum Gasteiger partial charge on any atom is 0.136 e. The lowest BCUT2D eigenvalue weighted by Crippen LogP contribution is -2.33. The van der Waals surface area contributed by atoms with Gasteiger partial charge in [0.05, 0.1) is 6.61 Å². The molecule has 1 heterocycles. The second-order valence-corrected chi connectivity index (χ2v) is 5.54. The molecule has 0 bridgehead atoms. The highest BCUT2D eigenvalue weighted by atomic mass is 16.3. The molecule has 2 aromatic rings. The minimum absolute atomic E-state index is 0.0450. The summed E-state index contributed by atoms with van der Waals surface area (Å²) in [5, 5.41) is 11.8. The standard InChI is InChI=1S/C17H22N2O/c1-2-19(14-7-3-4-8-14)17-16-10-6-5-9-15(16)13(12-20)11-18-17/h5-6,9-11,14,20H,2-4,7-8,12H2,1H3. The van der Waals surface area contributed by atoms with E-state index in [-0.39, 0.29) is 6.61 Å². The van der Waals surface area contributed by atoms with Crippen LogP contribution in [-0.4, -0.2) is 22.7 Å². The van der Waals surface area contributed by atoms with Crippen LogP contribution < -0.4 is 4.90 Å². The molecule has 0 unspecified atom stereocenters. The van der Waals surface area contributed by atoms with Crippen molar-refractivity contribution in [1.29, 1.82) is 0 Å². The number of nitrogens with zero attached hydrogens (tertiary/aromatic N) is 2. The molecule has 0 aliphatic heterocycles. The quantitative estimate of drug-likeness (QED) is 0.923. The minimum atomic E-state index is 0.0450. The van der Waals surface area contributed by atoms with Gasteiger partial charge in [-0.3, -0.25) is 0 Å². The topological polar surface area (TPSA) is 36.4 Å². The van der Waals surface area contributed by atoms with Gasteiger partial charge < -0.3 is 10.0 Å². The molecule has 20 heavy (non-hydrogen) atoms. The summed E-state index contributed by atoms with van der Waals surface area (Å²) in [6.07, 6.45) is 7.02. The molecule has 3 rings (SSSR count). The molecule has 1 aliphatic carbocycles. The van der Waals surface area contributed by atoms with Crippen molar-refractivity contribution in [2.24, 2.45) is 0 Å². The predicted molar refractivity (Wildman–Crippen MR) is 82.9 cm³/mol. The Morgan fingerprint density at radius 2 is 1.90 bits per heavy atom. The van der Waals surface area contributed by atoms with Gasteiger partial charge in [0.15, 0.2) is 0 Å². The first-order valence-corrected chi connectivity index (χ1v) is 7.59. The lowest BCUT2D eigenvalue weighted by molar-refractivity contribution is 0.283. The Morgan fingerprint density at radius 1 is 1.20 bits per heavy atom. The first-order chi connectivity index (χ1) is 9.85. The third kappa shape index (κ3) is 2.27. The van der Waals surface area contributed by atoms with E-state index >= 15 is 0 Å². The average molecular weight is 270 g/mol. The summed E-state index contributed by atoms with van der Waals surface area (Å²) in [4.78, 5) is 7.10. The Balaban J connectivity index is 2.10. The lowest BCUT2D eigenvalue weighted by atomic mass is 10.1. The van der Waals surface area contributed by atoms with Gasteiger partial charge in [0.25, 0.3) is 0 Å². The minimum Gasteiger partial charge on any atom is -0.392 e. The number of aromatic nitrogens is 1. The maximum atomic E-state index is 9.48. The number of pyridine rings is 1. The lowest BCUT2D eigenvalue weighted by Gasteiger charge is -2.30. The van der Waals surface area contributed by atoms with E-state index in [1.54, 1.807) is 0 Å². The average Bonchev–Trinajstić information content (AvgIpc) is 3.02. The summed E-state index contributed by atoms with van der Waals surface area (Å²) in [6.45, 7) is 3.23. The summed E-state index contributed by atoms with van der Waals surface area (Å²) in [5.74, 6) is 1.08. The van der Waals surface area contributed by atoms with E-state index in [2.05, 4.69) is 35.0 Å². The zero-order chi connectivity index (χ0) is 13.9. The second kappa shape index (κ2) is 5.80. The van der Waals surface area contributed by atoms with Gasteiger partial charge in [-0.2, -0.15) is 0 Å². The van der Waals surface area contributed by atoms with Gasteiger partial charge in [0, 0.05) is 29.7 Å². The van der Waals surface area contributed by atoms with Gasteiger partial charge in [-0.25, -0.2) is 4.98 Å². The van der Waals surface area contributed by atoms with Crippen LogP contribution >= 0.6 is 0 Å². The van der Waals surface area contributed by atoms with E-state index in [9.17, 15) is 5.11 Å². The van der Waals surface area contributed by atoms with Crippen LogP contribution in [0, 0.1) is 0 Å². The van der Waals surface area contributed by atoms with Crippen molar-refractivity contribution in [2.75, 3.05) is 11.4 Å². The summed E-state index contributed by atoms with van der Waals surface area (Å²) in [6, 6.07) is 8.90. The number of hydrogen-bond acceptors (Lipinski definition) is 3. The molecule has 106 valence electrons. The van der Waals surface area contributed by atoms with E-state index in [4.69, 9.17) is 0 Å². The van der Waals surface area contributed by atoms with Crippen molar-refractivity contribution in [1.82, 2.24) is 4.98 Å². The Labute approximate surface area is 120 Å². The summed E-state index contributed by atoms with van der Waals surface area (Å²) in [5.41, 5.74) is 0.909. The molecule has 0 atom stereocenters. The molecular weight excluding hydrogens is 248 g/mol. The van der Waals surface area contributed by atoms with Crippen molar-refractivity contribution in [3.8, 4) is 0 Å². The molecule has 0 radical (unpaired) electrons. The molecule has 0 saturated heterocycles. The predicted octanol–water partition coefficient (Wildman–Crippen LogP) is 3.50. The zero-order valence-corrected chi connectivity index (χ0v) is 12.0. The summed E-state index contributed by atoms with van der Waals surface area (Å²) < 4.78 is 0. The van der Waals surface area contributed by atoms with Gasteiger partial charge in [-0.1, -0.05) is 37.1 Å². The van der Waals surface area contributed by atoms with Crippen molar-refractivity contribution in [3.05, 3.63) is 36.0 Å². The second-order valence-electron chi connectivity index (χ2n) is 5.54. The van der Waals surface area contributed by atoms with Gasteiger partial charge in [-0.15, -0.1) is 0 Å². The van der Waals surface area contributed by atoms with Crippen molar-refractivity contribution < 1.29 is 5.11 Å². The monoisotopic (exact) mass is 270 g/mol. The highest BCUT2D eigenvalue weighted by Crippen LogP contribution is 2.32. The fraction of sp³-hybridized carbons (Fsp3) is 0.471. The molecular formula is C17H22N2O. The van der Waals surface area contributed by atoms with E-state index in [1.807, 2.05) is 12.3 Å². The molecule has 3 heteroatoms. The molecule has 3 nitrogen and oxygen atoms in total.